The van der Waals surface area contributed by atoms with Gasteiger partial charge < -0.3 is 19.3 Å². The Morgan fingerprint density at radius 3 is 2.60 bits per heavy atom. The van der Waals surface area contributed by atoms with Gasteiger partial charge in [-0.05, 0) is 43.2 Å². The number of hydrogen-bond acceptors (Lipinski definition) is 5. The van der Waals surface area contributed by atoms with E-state index in [2.05, 4.69) is 0 Å². The lowest BCUT2D eigenvalue weighted by molar-refractivity contribution is -0.137. The number of hydrogen-bond donors (Lipinski definition) is 1. The summed E-state index contributed by atoms with van der Waals surface area (Å²) in [6.07, 6.45) is 0.0511. The maximum atomic E-state index is 14.8. The normalized spacial score (nSPS) is 17.8. The molecule has 5 rings (SSSR count). The molecule has 9 heteroatoms. The number of ether oxygens (including phenoxy) is 3. The van der Waals surface area contributed by atoms with Gasteiger partial charge in [-0.3, -0.25) is 4.79 Å². The van der Waals surface area contributed by atoms with Crippen LogP contribution in [0.1, 0.15) is 47.1 Å². The Balaban J connectivity index is 1.40. The average Bonchev–Trinajstić information content (AvgIpc) is 3.42. The number of nitrogens with zero attached hydrogens (tertiary/aromatic N) is 1. The molecule has 0 saturated carbocycles. The molecule has 1 aliphatic heterocycles. The first-order chi connectivity index (χ1) is 16.8. The van der Waals surface area contributed by atoms with Crippen molar-refractivity contribution in [2.75, 3.05) is 6.61 Å². The standard InChI is InChI=1S/C26H18F3NO5/c27-18-4-6-21(35-26-19(28)7-13(11-30)8-20(26)29)17-3-5-22(25(17)18)34-15-1-2-16-14(9-24(31)32)12-33-23(16)10-15/h1-2,4,6-8,10,14,22H,3,5,9,12H2,(H,31,32)/t14-,22-/m1/s1. The molecule has 0 radical (unpaired) electrons. The highest BCUT2D eigenvalue weighted by atomic mass is 19.1. The Bertz CT molecular complexity index is 1360. The van der Waals surface area contributed by atoms with Gasteiger partial charge in [0.2, 0.25) is 0 Å². The van der Waals surface area contributed by atoms with Crippen molar-refractivity contribution in [3.8, 4) is 29.1 Å². The predicted molar refractivity (Wildman–Crippen MR) is 116 cm³/mol. The first kappa shape index (κ1) is 22.6. The van der Waals surface area contributed by atoms with Crippen LogP contribution in [0.5, 0.6) is 23.0 Å². The number of rotatable bonds is 6. The summed E-state index contributed by atoms with van der Waals surface area (Å²) in [5.74, 6) is -3.39. The fourth-order valence-electron chi connectivity index (χ4n) is 4.56. The predicted octanol–water partition coefficient (Wildman–Crippen LogP) is 5.78. The SMILES string of the molecule is N#Cc1cc(F)c(Oc2ccc(F)c3c2CC[C@H]3Oc2ccc3c(c2)OC[C@H]3CC(=O)O)c(F)c1. The summed E-state index contributed by atoms with van der Waals surface area (Å²) >= 11 is 0. The van der Waals surface area contributed by atoms with Crippen LogP contribution < -0.4 is 14.2 Å². The Hall–Kier alpha value is -4.19. The Morgan fingerprint density at radius 1 is 1.11 bits per heavy atom. The first-order valence-corrected chi connectivity index (χ1v) is 10.9. The van der Waals surface area contributed by atoms with E-state index < -0.39 is 35.3 Å². The largest absolute Gasteiger partial charge is 0.492 e. The second-order valence-electron chi connectivity index (χ2n) is 8.37. The first-order valence-electron chi connectivity index (χ1n) is 10.9. The minimum absolute atomic E-state index is 0.0440. The highest BCUT2D eigenvalue weighted by molar-refractivity contribution is 5.68. The van der Waals surface area contributed by atoms with Crippen molar-refractivity contribution in [1.82, 2.24) is 0 Å². The summed E-state index contributed by atoms with van der Waals surface area (Å²) in [6.45, 7) is 0.259. The summed E-state index contributed by atoms with van der Waals surface area (Å²) in [5.41, 5.74) is 1.27. The monoisotopic (exact) mass is 481 g/mol. The molecule has 0 unspecified atom stereocenters. The van der Waals surface area contributed by atoms with Crippen molar-refractivity contribution < 1.29 is 37.3 Å². The number of aliphatic carboxylic acids is 1. The van der Waals surface area contributed by atoms with E-state index in [1.54, 1.807) is 24.3 Å². The molecule has 0 bridgehead atoms. The van der Waals surface area contributed by atoms with E-state index in [0.29, 0.717) is 29.9 Å². The van der Waals surface area contributed by atoms with Crippen molar-refractivity contribution in [1.29, 1.82) is 5.26 Å². The molecule has 0 aromatic heterocycles. The number of nitriles is 1. The zero-order chi connectivity index (χ0) is 24.7. The molecular weight excluding hydrogens is 463 g/mol. The van der Waals surface area contributed by atoms with E-state index in [1.807, 2.05) is 0 Å². The van der Waals surface area contributed by atoms with Crippen molar-refractivity contribution >= 4 is 5.97 Å². The molecule has 0 saturated heterocycles. The number of carbonyl (C=O) groups is 1. The molecular formula is C26H18F3NO5. The van der Waals surface area contributed by atoms with Crippen LogP contribution in [-0.2, 0) is 11.2 Å². The van der Waals surface area contributed by atoms with Crippen LogP contribution in [0.4, 0.5) is 13.2 Å². The van der Waals surface area contributed by atoms with Gasteiger partial charge in [0.05, 0.1) is 24.7 Å². The molecule has 0 fully saturated rings. The fraction of sp³-hybridized carbons (Fsp3) is 0.231. The minimum atomic E-state index is -1.04. The van der Waals surface area contributed by atoms with E-state index in [1.165, 1.54) is 6.07 Å². The Labute approximate surface area is 198 Å². The molecule has 6 nitrogen and oxygen atoms in total. The Kier molecular flexibility index (Phi) is 5.73. The number of carboxylic acids is 1. The number of halogens is 3. The summed E-state index contributed by atoms with van der Waals surface area (Å²) in [5, 5.41) is 17.9. The lowest BCUT2D eigenvalue weighted by Crippen LogP contribution is -2.07. The molecule has 35 heavy (non-hydrogen) atoms. The number of benzene rings is 3. The number of fused-ring (bicyclic) bond motifs is 2. The van der Waals surface area contributed by atoms with Crippen molar-refractivity contribution in [2.24, 2.45) is 0 Å². The molecule has 3 aromatic carbocycles. The second-order valence-corrected chi connectivity index (χ2v) is 8.37. The topological polar surface area (TPSA) is 88.8 Å². The third-order valence-corrected chi connectivity index (χ3v) is 6.14. The van der Waals surface area contributed by atoms with Crippen LogP contribution >= 0.6 is 0 Å². The molecule has 1 N–H and O–H groups in total. The summed E-state index contributed by atoms with van der Waals surface area (Å²) in [4.78, 5) is 11.0. The smallest absolute Gasteiger partial charge is 0.304 e. The van der Waals surface area contributed by atoms with Gasteiger partial charge in [-0.15, -0.1) is 0 Å². The van der Waals surface area contributed by atoms with Crippen LogP contribution in [0.25, 0.3) is 0 Å². The van der Waals surface area contributed by atoms with Gasteiger partial charge in [0, 0.05) is 28.7 Å². The second kappa shape index (κ2) is 8.87. The van der Waals surface area contributed by atoms with E-state index in [9.17, 15) is 18.0 Å². The average molecular weight is 481 g/mol. The molecule has 2 atom stereocenters. The van der Waals surface area contributed by atoms with E-state index >= 15 is 0 Å². The van der Waals surface area contributed by atoms with Crippen molar-refractivity contribution in [3.63, 3.8) is 0 Å². The molecule has 1 heterocycles. The molecule has 0 spiro atoms. The van der Waals surface area contributed by atoms with Gasteiger partial charge in [0.15, 0.2) is 17.4 Å². The summed E-state index contributed by atoms with van der Waals surface area (Å²) < 4.78 is 60.6. The third-order valence-electron chi connectivity index (χ3n) is 6.14. The van der Waals surface area contributed by atoms with Gasteiger partial charge in [-0.1, -0.05) is 6.07 Å². The van der Waals surface area contributed by atoms with Gasteiger partial charge in [-0.2, -0.15) is 5.26 Å². The van der Waals surface area contributed by atoms with Crippen LogP contribution in [0, 0.1) is 28.8 Å². The van der Waals surface area contributed by atoms with E-state index in [4.69, 9.17) is 24.6 Å². The fourth-order valence-corrected chi connectivity index (χ4v) is 4.56. The quantitative estimate of drug-likeness (QED) is 0.480. The van der Waals surface area contributed by atoms with Crippen LogP contribution in [0.3, 0.4) is 0 Å². The number of carboxylic acid groups (broad SMARTS) is 1. The highest BCUT2D eigenvalue weighted by Gasteiger charge is 2.32. The van der Waals surface area contributed by atoms with Gasteiger partial charge >= 0.3 is 5.97 Å². The highest BCUT2D eigenvalue weighted by Crippen LogP contribution is 2.44. The summed E-state index contributed by atoms with van der Waals surface area (Å²) in [7, 11) is 0. The lowest BCUT2D eigenvalue weighted by atomic mass is 9.98. The zero-order valence-electron chi connectivity index (χ0n) is 18.2. The molecule has 3 aromatic rings. The zero-order valence-corrected chi connectivity index (χ0v) is 18.2. The van der Waals surface area contributed by atoms with Crippen molar-refractivity contribution in [3.05, 3.63) is 82.2 Å². The van der Waals surface area contributed by atoms with Crippen LogP contribution in [-0.4, -0.2) is 17.7 Å². The maximum absolute atomic E-state index is 14.8. The molecule has 0 amide bonds. The van der Waals surface area contributed by atoms with Crippen molar-refractivity contribution in [2.45, 2.75) is 31.3 Å². The van der Waals surface area contributed by atoms with Crippen LogP contribution in [0.15, 0.2) is 42.5 Å². The summed E-state index contributed by atoms with van der Waals surface area (Å²) in [6, 6.07) is 10.9. The van der Waals surface area contributed by atoms with E-state index in [-0.39, 0.29) is 35.8 Å². The van der Waals surface area contributed by atoms with Crippen LogP contribution in [0.2, 0.25) is 0 Å². The lowest BCUT2D eigenvalue weighted by Gasteiger charge is -2.17. The van der Waals surface area contributed by atoms with Gasteiger partial charge in [0.1, 0.15) is 29.2 Å². The molecule has 2 aliphatic rings. The van der Waals surface area contributed by atoms with Gasteiger partial charge in [0.25, 0.3) is 0 Å². The van der Waals surface area contributed by atoms with E-state index in [0.717, 1.165) is 23.8 Å². The minimum Gasteiger partial charge on any atom is -0.492 e. The Morgan fingerprint density at radius 2 is 1.89 bits per heavy atom. The maximum Gasteiger partial charge on any atom is 0.304 e. The van der Waals surface area contributed by atoms with Gasteiger partial charge in [-0.25, -0.2) is 13.2 Å². The molecule has 1 aliphatic carbocycles. The third kappa shape index (κ3) is 4.23. The molecule has 178 valence electrons.